The second kappa shape index (κ2) is 6.70. The molecule has 1 saturated heterocycles. The molecule has 0 unspecified atom stereocenters. The lowest BCUT2D eigenvalue weighted by atomic mass is 9.89. The average molecular weight is 391 g/mol. The van der Waals surface area contributed by atoms with Crippen molar-refractivity contribution < 1.29 is 4.39 Å². The number of aromatic amines is 2. The number of nitrogens with zero attached hydrogens (tertiary/aromatic N) is 2. The summed E-state index contributed by atoms with van der Waals surface area (Å²) in [6, 6.07) is 10.7. The molecule has 4 N–H and O–H groups in total. The average Bonchev–Trinajstić information content (AvgIpc) is 3.11. The van der Waals surface area contributed by atoms with Crippen LogP contribution in [-0.2, 0) is 0 Å². The van der Waals surface area contributed by atoms with Crippen LogP contribution in [0.3, 0.4) is 0 Å². The molecule has 2 aromatic carbocycles. The van der Waals surface area contributed by atoms with Gasteiger partial charge in [0, 0.05) is 0 Å². The van der Waals surface area contributed by atoms with Crippen LogP contribution in [-0.4, -0.2) is 40.0 Å². The van der Waals surface area contributed by atoms with Gasteiger partial charge in [-0.3, -0.25) is 4.79 Å². The number of nitrogens with two attached hydrogens (primary N) is 1. The molecule has 1 fully saturated rings. The molecule has 7 heteroatoms. The van der Waals surface area contributed by atoms with E-state index in [9.17, 15) is 9.18 Å². The van der Waals surface area contributed by atoms with E-state index in [2.05, 4.69) is 39.0 Å². The van der Waals surface area contributed by atoms with E-state index in [1.165, 1.54) is 11.6 Å². The van der Waals surface area contributed by atoms with Crippen molar-refractivity contribution >= 4 is 27.6 Å². The van der Waals surface area contributed by atoms with Crippen LogP contribution < -0.4 is 11.3 Å². The minimum atomic E-state index is -0.474. The minimum absolute atomic E-state index is 0.0939. The predicted molar refractivity (Wildman–Crippen MR) is 113 cm³/mol. The van der Waals surface area contributed by atoms with Crippen molar-refractivity contribution in [3.8, 4) is 11.4 Å². The summed E-state index contributed by atoms with van der Waals surface area (Å²) in [5, 5.41) is 0.203. The Balaban J connectivity index is 1.61. The number of hydrogen-bond donors (Lipinski definition) is 3. The standard InChI is InChI=1S/C22H22FN5O/c1-28-9-7-12(8-10-28)13-5-6-15-17(11-13)26-21(25-15)19-20(24)18-14(23)3-2-4-16(18)27-22(19)29/h2-6,11-12H,7-10H2,1H3,(H,25,26)(H3,24,27,29). The summed E-state index contributed by atoms with van der Waals surface area (Å²) in [6.07, 6.45) is 2.24. The van der Waals surface area contributed by atoms with E-state index in [-0.39, 0.29) is 16.6 Å². The van der Waals surface area contributed by atoms with Gasteiger partial charge in [0.05, 0.1) is 27.6 Å². The van der Waals surface area contributed by atoms with E-state index in [4.69, 9.17) is 5.73 Å². The van der Waals surface area contributed by atoms with E-state index in [0.717, 1.165) is 37.0 Å². The zero-order chi connectivity index (χ0) is 20.1. The monoisotopic (exact) mass is 391 g/mol. The molecule has 0 bridgehead atoms. The van der Waals surface area contributed by atoms with Crippen molar-refractivity contribution in [2.45, 2.75) is 18.8 Å². The maximum Gasteiger partial charge on any atom is 0.261 e. The fourth-order valence-corrected chi connectivity index (χ4v) is 4.31. The van der Waals surface area contributed by atoms with Crippen LogP contribution in [0.1, 0.15) is 24.3 Å². The van der Waals surface area contributed by atoms with Gasteiger partial charge in [-0.1, -0.05) is 12.1 Å². The zero-order valence-corrected chi connectivity index (χ0v) is 16.1. The molecule has 2 aromatic heterocycles. The number of benzene rings is 2. The summed E-state index contributed by atoms with van der Waals surface area (Å²) in [6.45, 7) is 2.17. The quantitative estimate of drug-likeness (QED) is 0.487. The molecule has 1 aliphatic heterocycles. The highest BCUT2D eigenvalue weighted by Gasteiger charge is 2.21. The second-order valence-corrected chi connectivity index (χ2v) is 7.84. The molecule has 29 heavy (non-hydrogen) atoms. The van der Waals surface area contributed by atoms with Crippen molar-refractivity contribution in [2.24, 2.45) is 0 Å². The molecule has 5 rings (SSSR count). The van der Waals surface area contributed by atoms with Crippen molar-refractivity contribution in [2.75, 3.05) is 25.9 Å². The third-order valence-corrected chi connectivity index (χ3v) is 5.96. The Morgan fingerprint density at radius 2 is 1.93 bits per heavy atom. The first-order valence-electron chi connectivity index (χ1n) is 9.80. The first-order valence-corrected chi connectivity index (χ1v) is 9.80. The highest BCUT2D eigenvalue weighted by molar-refractivity contribution is 5.98. The number of nitrogens with one attached hydrogen (secondary N) is 2. The number of nitrogen functional groups attached to an aromatic ring is 1. The third-order valence-electron chi connectivity index (χ3n) is 5.96. The van der Waals surface area contributed by atoms with Crippen LogP contribution >= 0.6 is 0 Å². The Bertz CT molecular complexity index is 1280. The van der Waals surface area contributed by atoms with E-state index in [1.54, 1.807) is 12.1 Å². The van der Waals surface area contributed by atoms with Gasteiger partial charge in [0.15, 0.2) is 0 Å². The largest absolute Gasteiger partial charge is 0.397 e. The lowest BCUT2D eigenvalue weighted by Crippen LogP contribution is -2.29. The topological polar surface area (TPSA) is 90.8 Å². The van der Waals surface area contributed by atoms with Crippen molar-refractivity contribution in [3.05, 3.63) is 58.1 Å². The van der Waals surface area contributed by atoms with E-state index in [0.29, 0.717) is 17.3 Å². The van der Waals surface area contributed by atoms with Crippen LogP contribution in [0, 0.1) is 5.82 Å². The van der Waals surface area contributed by atoms with Gasteiger partial charge in [0.1, 0.15) is 17.2 Å². The highest BCUT2D eigenvalue weighted by Crippen LogP contribution is 2.32. The normalized spacial score (nSPS) is 16.1. The number of rotatable bonds is 2. The molecule has 0 atom stereocenters. The maximum atomic E-state index is 14.3. The SMILES string of the molecule is CN1CCC(c2ccc3[nH]c(-c4c(N)c5c(F)cccc5[nH]c4=O)nc3c2)CC1. The van der Waals surface area contributed by atoms with E-state index in [1.807, 2.05) is 6.07 Å². The highest BCUT2D eigenvalue weighted by atomic mass is 19.1. The van der Waals surface area contributed by atoms with Crippen molar-refractivity contribution in [1.29, 1.82) is 0 Å². The first-order chi connectivity index (χ1) is 14.0. The number of imidazole rings is 1. The lowest BCUT2D eigenvalue weighted by molar-refractivity contribution is 0.255. The second-order valence-electron chi connectivity index (χ2n) is 7.84. The smallest absolute Gasteiger partial charge is 0.261 e. The molecule has 1 aliphatic rings. The summed E-state index contributed by atoms with van der Waals surface area (Å²) in [5.41, 5.74) is 9.31. The molecule has 0 saturated carbocycles. The van der Waals surface area contributed by atoms with Gasteiger partial charge < -0.3 is 20.6 Å². The van der Waals surface area contributed by atoms with E-state index >= 15 is 0 Å². The summed E-state index contributed by atoms with van der Waals surface area (Å²) in [4.78, 5) is 25.5. The molecule has 3 heterocycles. The number of likely N-dealkylation sites (tertiary alicyclic amines) is 1. The van der Waals surface area contributed by atoms with Crippen LogP contribution in [0.4, 0.5) is 10.1 Å². The van der Waals surface area contributed by atoms with Gasteiger partial charge in [-0.25, -0.2) is 9.37 Å². The Morgan fingerprint density at radius 3 is 2.72 bits per heavy atom. The molecule has 0 amide bonds. The molecule has 6 nitrogen and oxygen atoms in total. The minimum Gasteiger partial charge on any atom is -0.397 e. The molecule has 0 aliphatic carbocycles. The molecule has 4 aromatic rings. The summed E-state index contributed by atoms with van der Waals surface area (Å²) in [7, 11) is 2.15. The van der Waals surface area contributed by atoms with Gasteiger partial charge in [-0.2, -0.15) is 0 Å². The molecule has 148 valence electrons. The molecule has 0 spiro atoms. The van der Waals surface area contributed by atoms with Gasteiger partial charge in [-0.05, 0) is 68.7 Å². The van der Waals surface area contributed by atoms with Gasteiger partial charge in [0.2, 0.25) is 0 Å². The van der Waals surface area contributed by atoms with Crippen molar-refractivity contribution in [1.82, 2.24) is 19.9 Å². The third kappa shape index (κ3) is 2.98. The number of aromatic nitrogens is 3. The van der Waals surface area contributed by atoms with Gasteiger partial charge in [0.25, 0.3) is 5.56 Å². The Kier molecular flexibility index (Phi) is 4.13. The van der Waals surface area contributed by atoms with Crippen LogP contribution in [0.2, 0.25) is 0 Å². The Labute approximate surface area is 166 Å². The zero-order valence-electron chi connectivity index (χ0n) is 16.1. The fraction of sp³-hybridized carbons (Fsp3) is 0.273. The predicted octanol–water partition coefficient (Wildman–Crippen LogP) is 3.60. The lowest BCUT2D eigenvalue weighted by Gasteiger charge is -2.29. The maximum absolute atomic E-state index is 14.3. The number of fused-ring (bicyclic) bond motifs is 2. The summed E-state index contributed by atoms with van der Waals surface area (Å²) >= 11 is 0. The fourth-order valence-electron chi connectivity index (χ4n) is 4.31. The number of H-pyrrole nitrogens is 2. The number of piperidine rings is 1. The number of halogens is 1. The van der Waals surface area contributed by atoms with Crippen LogP contribution in [0.5, 0.6) is 0 Å². The van der Waals surface area contributed by atoms with Crippen molar-refractivity contribution in [3.63, 3.8) is 0 Å². The number of hydrogen-bond acceptors (Lipinski definition) is 4. The Hall–Kier alpha value is -3.19. The molecular weight excluding hydrogens is 369 g/mol. The van der Waals surface area contributed by atoms with Crippen LogP contribution in [0.25, 0.3) is 33.3 Å². The van der Waals surface area contributed by atoms with Gasteiger partial charge >= 0.3 is 0 Å². The van der Waals surface area contributed by atoms with Crippen LogP contribution in [0.15, 0.2) is 41.2 Å². The number of anilines is 1. The molecular formula is C22H22FN5O. The Morgan fingerprint density at radius 1 is 1.14 bits per heavy atom. The molecule has 0 radical (unpaired) electrons. The van der Waals surface area contributed by atoms with E-state index < -0.39 is 11.4 Å². The summed E-state index contributed by atoms with van der Waals surface area (Å²) < 4.78 is 14.3. The first kappa shape index (κ1) is 17.9. The number of pyridine rings is 1. The van der Waals surface area contributed by atoms with Gasteiger partial charge in [-0.15, -0.1) is 0 Å². The summed E-state index contributed by atoms with van der Waals surface area (Å²) in [5.74, 6) is 0.390.